The lowest BCUT2D eigenvalue weighted by Crippen LogP contribution is -1.98. The van der Waals surface area contributed by atoms with Crippen LogP contribution in [0.2, 0.25) is 0 Å². The predicted molar refractivity (Wildman–Crippen MR) is 77.7 cm³/mol. The van der Waals surface area contributed by atoms with E-state index in [1.807, 2.05) is 6.20 Å². The van der Waals surface area contributed by atoms with Crippen molar-refractivity contribution < 1.29 is 0 Å². The molecule has 0 spiro atoms. The van der Waals surface area contributed by atoms with E-state index in [0.717, 1.165) is 12.5 Å². The summed E-state index contributed by atoms with van der Waals surface area (Å²) >= 11 is 2.35. The average molecular weight is 338 g/mol. The lowest BCUT2D eigenvalue weighted by molar-refractivity contribution is 0.547. The molecule has 2 aromatic rings. The van der Waals surface area contributed by atoms with Crippen molar-refractivity contribution in [1.82, 2.24) is 9.78 Å². The topological polar surface area (TPSA) is 17.8 Å². The van der Waals surface area contributed by atoms with Gasteiger partial charge in [0.15, 0.2) is 0 Å². The fourth-order valence-corrected chi connectivity index (χ4v) is 2.57. The number of aromatic nitrogens is 2. The largest absolute Gasteiger partial charge is 0.272 e. The predicted octanol–water partition coefficient (Wildman–Crippen LogP) is 3.95. The third kappa shape index (κ3) is 2.89. The van der Waals surface area contributed by atoms with Gasteiger partial charge in [-0.25, -0.2) is 0 Å². The molecule has 0 unspecified atom stereocenters. The Hall–Kier alpha value is -0.840. The maximum atomic E-state index is 4.44. The van der Waals surface area contributed by atoms with Crippen LogP contribution in [-0.4, -0.2) is 9.78 Å². The molecule has 17 heavy (non-hydrogen) atoms. The van der Waals surface area contributed by atoms with Crippen LogP contribution in [0.15, 0.2) is 36.7 Å². The molecule has 1 aromatic heterocycles. The summed E-state index contributed by atoms with van der Waals surface area (Å²) in [6.45, 7) is 1.06. The van der Waals surface area contributed by atoms with Gasteiger partial charge in [-0.05, 0) is 52.6 Å². The number of nitrogens with zero attached hydrogens (tertiary/aromatic N) is 2. The molecule has 2 nitrogen and oxygen atoms in total. The van der Waals surface area contributed by atoms with Gasteiger partial charge in [-0.3, -0.25) is 4.68 Å². The quantitative estimate of drug-likeness (QED) is 0.772. The fraction of sp³-hybridized carbons (Fsp3) is 0.357. The molecule has 0 atom stereocenters. The number of hydrogen-bond donors (Lipinski definition) is 0. The molecule has 1 heterocycles. The molecular formula is C14H15IN2. The van der Waals surface area contributed by atoms with Gasteiger partial charge in [-0.1, -0.05) is 25.0 Å². The van der Waals surface area contributed by atoms with Crippen LogP contribution < -0.4 is 0 Å². The Balaban J connectivity index is 1.74. The maximum absolute atomic E-state index is 4.44. The summed E-state index contributed by atoms with van der Waals surface area (Å²) in [5.41, 5.74) is 2.48. The lowest BCUT2D eigenvalue weighted by Gasteiger charge is -1.99. The van der Waals surface area contributed by atoms with E-state index in [4.69, 9.17) is 0 Å². The van der Waals surface area contributed by atoms with Crippen molar-refractivity contribution in [3.8, 4) is 11.1 Å². The van der Waals surface area contributed by atoms with Crippen molar-refractivity contribution in [2.45, 2.75) is 25.8 Å². The summed E-state index contributed by atoms with van der Waals surface area (Å²) < 4.78 is 3.35. The van der Waals surface area contributed by atoms with Crippen molar-refractivity contribution >= 4 is 22.6 Å². The summed E-state index contributed by atoms with van der Waals surface area (Å²) in [4.78, 5) is 0. The van der Waals surface area contributed by atoms with E-state index in [1.54, 1.807) is 0 Å². The Labute approximate surface area is 115 Å². The van der Waals surface area contributed by atoms with E-state index < -0.39 is 0 Å². The van der Waals surface area contributed by atoms with E-state index >= 15 is 0 Å². The van der Waals surface area contributed by atoms with Crippen LogP contribution in [0, 0.1) is 9.49 Å². The molecule has 0 N–H and O–H groups in total. The molecule has 0 saturated heterocycles. The third-order valence-corrected chi connectivity index (χ3v) is 3.93. The zero-order valence-corrected chi connectivity index (χ0v) is 11.8. The van der Waals surface area contributed by atoms with Gasteiger partial charge in [0.1, 0.15) is 0 Å². The van der Waals surface area contributed by atoms with Gasteiger partial charge in [0.2, 0.25) is 0 Å². The highest BCUT2D eigenvalue weighted by molar-refractivity contribution is 14.1. The summed E-state index contributed by atoms with van der Waals surface area (Å²) in [5, 5.41) is 4.44. The summed E-state index contributed by atoms with van der Waals surface area (Å²) in [5.74, 6) is 0.973. The van der Waals surface area contributed by atoms with Gasteiger partial charge < -0.3 is 0 Å². The molecule has 1 aliphatic rings. The SMILES string of the molecule is Ic1cccc(-c2cnn(CCC3CC3)c2)c1. The van der Waals surface area contributed by atoms with Gasteiger partial charge in [0.05, 0.1) is 6.20 Å². The van der Waals surface area contributed by atoms with Crippen molar-refractivity contribution in [3.63, 3.8) is 0 Å². The number of aryl methyl sites for hydroxylation is 1. The van der Waals surface area contributed by atoms with E-state index in [-0.39, 0.29) is 0 Å². The summed E-state index contributed by atoms with van der Waals surface area (Å²) in [6.07, 6.45) is 8.26. The highest BCUT2D eigenvalue weighted by Gasteiger charge is 2.20. The standard InChI is InChI=1S/C14H15IN2/c15-14-3-1-2-12(8-14)13-9-16-17(10-13)7-6-11-4-5-11/h1-3,8-11H,4-7H2. The van der Waals surface area contributed by atoms with Crippen LogP contribution in [0.3, 0.4) is 0 Å². The molecule has 88 valence electrons. The second-order valence-corrected chi connectivity index (χ2v) is 5.98. The molecule has 0 bridgehead atoms. The Morgan fingerprint density at radius 1 is 1.29 bits per heavy atom. The molecule has 1 aliphatic carbocycles. The highest BCUT2D eigenvalue weighted by atomic mass is 127. The maximum Gasteiger partial charge on any atom is 0.0568 e. The molecule has 0 amide bonds. The second-order valence-electron chi connectivity index (χ2n) is 4.73. The van der Waals surface area contributed by atoms with Crippen LogP contribution in [0.5, 0.6) is 0 Å². The fourth-order valence-electron chi connectivity index (χ4n) is 2.02. The summed E-state index contributed by atoms with van der Waals surface area (Å²) in [6, 6.07) is 8.55. The molecule has 3 rings (SSSR count). The molecule has 1 aromatic carbocycles. The van der Waals surface area contributed by atoms with Crippen molar-refractivity contribution in [2.75, 3.05) is 0 Å². The van der Waals surface area contributed by atoms with Crippen LogP contribution in [0.25, 0.3) is 11.1 Å². The first kappa shape index (κ1) is 11.3. The van der Waals surface area contributed by atoms with Crippen LogP contribution in [-0.2, 0) is 6.54 Å². The normalized spacial score (nSPS) is 15.1. The molecule has 1 fully saturated rings. The zero-order valence-electron chi connectivity index (χ0n) is 9.64. The molecule has 1 saturated carbocycles. The van der Waals surface area contributed by atoms with E-state index in [9.17, 15) is 0 Å². The van der Waals surface area contributed by atoms with E-state index in [1.165, 1.54) is 34.0 Å². The van der Waals surface area contributed by atoms with Gasteiger partial charge in [-0.2, -0.15) is 5.10 Å². The second kappa shape index (κ2) is 4.80. The average Bonchev–Trinajstić information content (AvgIpc) is 3.04. The van der Waals surface area contributed by atoms with Crippen molar-refractivity contribution in [2.24, 2.45) is 5.92 Å². The minimum atomic E-state index is 0.973. The third-order valence-electron chi connectivity index (χ3n) is 3.25. The number of rotatable bonds is 4. The first-order chi connectivity index (χ1) is 8.31. The minimum absolute atomic E-state index is 0.973. The first-order valence-electron chi connectivity index (χ1n) is 6.10. The molecule has 3 heteroatoms. The Morgan fingerprint density at radius 2 is 2.18 bits per heavy atom. The van der Waals surface area contributed by atoms with E-state index in [0.29, 0.717) is 0 Å². The molecule has 0 aliphatic heterocycles. The van der Waals surface area contributed by atoms with E-state index in [2.05, 4.69) is 62.8 Å². The monoisotopic (exact) mass is 338 g/mol. The Kier molecular flexibility index (Phi) is 3.18. The van der Waals surface area contributed by atoms with Crippen molar-refractivity contribution in [1.29, 1.82) is 0 Å². The lowest BCUT2D eigenvalue weighted by atomic mass is 10.1. The number of hydrogen-bond acceptors (Lipinski definition) is 1. The van der Waals surface area contributed by atoms with Gasteiger partial charge in [-0.15, -0.1) is 0 Å². The van der Waals surface area contributed by atoms with Gasteiger partial charge >= 0.3 is 0 Å². The molecule has 0 radical (unpaired) electrons. The smallest absolute Gasteiger partial charge is 0.0568 e. The first-order valence-corrected chi connectivity index (χ1v) is 7.17. The van der Waals surface area contributed by atoms with Crippen LogP contribution in [0.1, 0.15) is 19.3 Å². The summed E-state index contributed by atoms with van der Waals surface area (Å²) in [7, 11) is 0. The number of benzene rings is 1. The van der Waals surface area contributed by atoms with Crippen LogP contribution in [0.4, 0.5) is 0 Å². The van der Waals surface area contributed by atoms with Crippen LogP contribution >= 0.6 is 22.6 Å². The van der Waals surface area contributed by atoms with Crippen molar-refractivity contribution in [3.05, 3.63) is 40.2 Å². The Morgan fingerprint density at radius 3 is 2.94 bits per heavy atom. The zero-order chi connectivity index (χ0) is 11.7. The minimum Gasteiger partial charge on any atom is -0.272 e. The Bertz CT molecular complexity index is 514. The van der Waals surface area contributed by atoms with Gasteiger partial charge in [0.25, 0.3) is 0 Å². The molecular weight excluding hydrogens is 323 g/mol. The highest BCUT2D eigenvalue weighted by Crippen LogP contribution is 2.32. The number of halogens is 1. The van der Waals surface area contributed by atoms with Gasteiger partial charge in [0, 0.05) is 21.9 Å².